The second kappa shape index (κ2) is 5.60. The molecule has 1 saturated heterocycles. The molecule has 3 nitrogen and oxygen atoms in total. The van der Waals surface area contributed by atoms with Crippen molar-refractivity contribution < 1.29 is 0 Å². The highest BCUT2D eigenvalue weighted by atomic mass is 35.5. The predicted molar refractivity (Wildman–Crippen MR) is 74.8 cm³/mol. The average molecular weight is 264 g/mol. The van der Waals surface area contributed by atoms with Crippen molar-refractivity contribution in [3.8, 4) is 6.07 Å². The van der Waals surface area contributed by atoms with E-state index in [4.69, 9.17) is 17.3 Å². The van der Waals surface area contributed by atoms with E-state index in [0.29, 0.717) is 29.2 Å². The highest BCUT2D eigenvalue weighted by Gasteiger charge is 2.28. The first-order chi connectivity index (χ1) is 8.67. The predicted octanol–water partition coefficient (Wildman–Crippen LogP) is 2.92. The molecule has 0 spiro atoms. The lowest BCUT2D eigenvalue weighted by atomic mass is 9.94. The summed E-state index contributed by atoms with van der Waals surface area (Å²) in [6.07, 6.45) is 3.44. The lowest BCUT2D eigenvalue weighted by molar-refractivity contribution is 0.400. The lowest BCUT2D eigenvalue weighted by Gasteiger charge is -2.42. The fraction of sp³-hybridized carbons (Fsp3) is 0.500. The van der Waals surface area contributed by atoms with Gasteiger partial charge in [-0.2, -0.15) is 5.26 Å². The summed E-state index contributed by atoms with van der Waals surface area (Å²) in [7, 11) is 0. The van der Waals surface area contributed by atoms with Gasteiger partial charge in [0.15, 0.2) is 0 Å². The molecule has 18 heavy (non-hydrogen) atoms. The number of piperidine rings is 1. The fourth-order valence-corrected chi connectivity index (χ4v) is 2.95. The molecule has 1 heterocycles. The van der Waals surface area contributed by atoms with Gasteiger partial charge in [-0.3, -0.25) is 0 Å². The number of hydrogen-bond acceptors (Lipinski definition) is 3. The third kappa shape index (κ3) is 2.45. The van der Waals surface area contributed by atoms with Crippen LogP contribution in [0.25, 0.3) is 0 Å². The van der Waals surface area contributed by atoms with Crippen molar-refractivity contribution >= 4 is 17.3 Å². The monoisotopic (exact) mass is 263 g/mol. The molecule has 96 valence electrons. The number of halogens is 1. The minimum Gasteiger partial charge on any atom is -0.364 e. The topological polar surface area (TPSA) is 53.0 Å². The zero-order chi connectivity index (χ0) is 13.1. The normalized spacial score (nSPS) is 23.8. The minimum absolute atomic E-state index is 0.321. The van der Waals surface area contributed by atoms with Crippen LogP contribution in [0.3, 0.4) is 0 Å². The van der Waals surface area contributed by atoms with Gasteiger partial charge in [0.2, 0.25) is 0 Å². The summed E-state index contributed by atoms with van der Waals surface area (Å²) < 4.78 is 0. The Morgan fingerprint density at radius 1 is 1.50 bits per heavy atom. The quantitative estimate of drug-likeness (QED) is 0.893. The van der Waals surface area contributed by atoms with Gasteiger partial charge in [0, 0.05) is 23.7 Å². The van der Waals surface area contributed by atoms with Gasteiger partial charge in [0.1, 0.15) is 6.07 Å². The van der Waals surface area contributed by atoms with Crippen molar-refractivity contribution in [2.75, 3.05) is 11.4 Å². The SMILES string of the molecule is CC1CCCC(CN)N1c1ccc(Cl)cc1C#N. The van der Waals surface area contributed by atoms with Gasteiger partial charge in [0.25, 0.3) is 0 Å². The van der Waals surface area contributed by atoms with E-state index in [9.17, 15) is 5.26 Å². The molecule has 0 aliphatic carbocycles. The number of benzene rings is 1. The first-order valence-electron chi connectivity index (χ1n) is 6.35. The summed E-state index contributed by atoms with van der Waals surface area (Å²) in [5, 5.41) is 9.85. The van der Waals surface area contributed by atoms with E-state index in [-0.39, 0.29) is 0 Å². The highest BCUT2D eigenvalue weighted by molar-refractivity contribution is 6.30. The van der Waals surface area contributed by atoms with E-state index in [1.54, 1.807) is 6.07 Å². The number of nitrogens with two attached hydrogens (primary N) is 1. The van der Waals surface area contributed by atoms with Crippen molar-refractivity contribution in [2.45, 2.75) is 38.3 Å². The van der Waals surface area contributed by atoms with Gasteiger partial charge >= 0.3 is 0 Å². The molecule has 0 amide bonds. The van der Waals surface area contributed by atoms with Gasteiger partial charge in [-0.25, -0.2) is 0 Å². The van der Waals surface area contributed by atoms with E-state index in [1.165, 1.54) is 6.42 Å². The Balaban J connectivity index is 2.42. The second-order valence-corrected chi connectivity index (χ2v) is 5.29. The molecule has 1 aromatic rings. The van der Waals surface area contributed by atoms with Crippen molar-refractivity contribution in [1.82, 2.24) is 0 Å². The summed E-state index contributed by atoms with van der Waals surface area (Å²) in [6, 6.07) is 8.47. The molecule has 0 bridgehead atoms. The first-order valence-corrected chi connectivity index (χ1v) is 6.73. The maximum atomic E-state index is 9.25. The van der Waals surface area contributed by atoms with E-state index in [0.717, 1.165) is 18.5 Å². The summed E-state index contributed by atoms with van der Waals surface area (Å²) in [5.41, 5.74) is 7.46. The number of hydrogen-bond donors (Lipinski definition) is 1. The van der Waals surface area contributed by atoms with Crippen molar-refractivity contribution in [3.63, 3.8) is 0 Å². The summed E-state index contributed by atoms with van der Waals surface area (Å²) in [5.74, 6) is 0. The van der Waals surface area contributed by atoms with Crippen LogP contribution < -0.4 is 10.6 Å². The Bertz CT molecular complexity index is 467. The molecule has 1 aromatic carbocycles. The Labute approximate surface area is 113 Å². The molecule has 2 unspecified atom stereocenters. The van der Waals surface area contributed by atoms with Crippen LogP contribution in [0, 0.1) is 11.3 Å². The molecule has 1 aliphatic heterocycles. The van der Waals surface area contributed by atoms with Gasteiger partial charge in [-0.15, -0.1) is 0 Å². The average Bonchev–Trinajstić information content (AvgIpc) is 2.38. The van der Waals surface area contributed by atoms with Crippen LogP contribution >= 0.6 is 11.6 Å². The third-order valence-electron chi connectivity index (χ3n) is 3.66. The first kappa shape index (κ1) is 13.2. The third-order valence-corrected chi connectivity index (χ3v) is 3.89. The van der Waals surface area contributed by atoms with E-state index < -0.39 is 0 Å². The lowest BCUT2D eigenvalue weighted by Crippen LogP contribution is -2.49. The summed E-state index contributed by atoms with van der Waals surface area (Å²) in [6.45, 7) is 2.81. The smallest absolute Gasteiger partial charge is 0.101 e. The number of nitriles is 1. The van der Waals surface area contributed by atoms with Crippen LogP contribution in [0.4, 0.5) is 5.69 Å². The molecule has 0 saturated carbocycles. The fourth-order valence-electron chi connectivity index (χ4n) is 2.78. The molecule has 2 N–H and O–H groups in total. The molecule has 1 fully saturated rings. The standard InChI is InChI=1S/C14H18ClN3/c1-10-3-2-4-13(9-17)18(10)14-6-5-12(15)7-11(14)8-16/h5-7,10,13H,2-4,9,17H2,1H3. The molecule has 4 heteroatoms. The maximum absolute atomic E-state index is 9.25. The van der Waals surface area contributed by atoms with Gasteiger partial charge < -0.3 is 10.6 Å². The van der Waals surface area contributed by atoms with Gasteiger partial charge in [-0.05, 0) is 44.4 Å². The highest BCUT2D eigenvalue weighted by Crippen LogP contribution is 2.32. The van der Waals surface area contributed by atoms with Crippen LogP contribution in [0.1, 0.15) is 31.7 Å². The van der Waals surface area contributed by atoms with Crippen LogP contribution in [0.2, 0.25) is 5.02 Å². The molecular formula is C14H18ClN3. The second-order valence-electron chi connectivity index (χ2n) is 4.85. The number of anilines is 1. The van der Waals surface area contributed by atoms with Gasteiger partial charge in [0.05, 0.1) is 11.3 Å². The van der Waals surface area contributed by atoms with Crippen LogP contribution in [0.15, 0.2) is 18.2 Å². The maximum Gasteiger partial charge on any atom is 0.101 e. The summed E-state index contributed by atoms with van der Waals surface area (Å²) >= 11 is 5.95. The van der Waals surface area contributed by atoms with Crippen molar-refractivity contribution in [1.29, 1.82) is 5.26 Å². The summed E-state index contributed by atoms with van der Waals surface area (Å²) in [4.78, 5) is 2.29. The van der Waals surface area contributed by atoms with Crippen molar-refractivity contribution in [3.05, 3.63) is 28.8 Å². The molecular weight excluding hydrogens is 246 g/mol. The Kier molecular flexibility index (Phi) is 4.11. The van der Waals surface area contributed by atoms with Crippen LogP contribution in [0.5, 0.6) is 0 Å². The molecule has 0 radical (unpaired) electrons. The Hall–Kier alpha value is -1.24. The minimum atomic E-state index is 0.321. The Morgan fingerprint density at radius 3 is 2.94 bits per heavy atom. The zero-order valence-electron chi connectivity index (χ0n) is 10.6. The van der Waals surface area contributed by atoms with Gasteiger partial charge in [-0.1, -0.05) is 11.6 Å². The molecule has 0 aromatic heterocycles. The van der Waals surface area contributed by atoms with Crippen LogP contribution in [-0.2, 0) is 0 Å². The van der Waals surface area contributed by atoms with E-state index in [1.807, 2.05) is 12.1 Å². The zero-order valence-corrected chi connectivity index (χ0v) is 11.3. The molecule has 2 atom stereocenters. The molecule has 1 aliphatic rings. The number of nitrogens with zero attached hydrogens (tertiary/aromatic N) is 2. The van der Waals surface area contributed by atoms with Crippen molar-refractivity contribution in [2.24, 2.45) is 5.73 Å². The van der Waals surface area contributed by atoms with E-state index >= 15 is 0 Å². The Morgan fingerprint density at radius 2 is 2.28 bits per heavy atom. The van der Waals surface area contributed by atoms with E-state index in [2.05, 4.69) is 17.9 Å². The number of rotatable bonds is 2. The largest absolute Gasteiger partial charge is 0.364 e. The molecule has 2 rings (SSSR count). The van der Waals surface area contributed by atoms with Crippen LogP contribution in [-0.4, -0.2) is 18.6 Å².